The van der Waals surface area contributed by atoms with Crippen LogP contribution in [0.1, 0.15) is 23.7 Å². The lowest BCUT2D eigenvalue weighted by Gasteiger charge is -2.11. The van der Waals surface area contributed by atoms with Crippen LogP contribution in [0.3, 0.4) is 0 Å². The molecule has 0 amide bonds. The lowest BCUT2D eigenvalue weighted by molar-refractivity contribution is 0.0686. The minimum Gasteiger partial charge on any atom is -0.488 e. The number of hydrogen-bond donors (Lipinski definition) is 2. The van der Waals surface area contributed by atoms with Crippen LogP contribution in [-0.4, -0.2) is 30.9 Å². The number of aromatic carboxylic acids is 1. The normalized spacial score (nSPS) is 10.2. The number of carboxylic acids is 1. The van der Waals surface area contributed by atoms with Crippen LogP contribution in [0.25, 0.3) is 0 Å². The lowest BCUT2D eigenvalue weighted by Crippen LogP contribution is -2.11. The highest BCUT2D eigenvalue weighted by atomic mass is 16.5. The zero-order chi connectivity index (χ0) is 12.7. The highest BCUT2D eigenvalue weighted by Crippen LogP contribution is 2.26. The van der Waals surface area contributed by atoms with Gasteiger partial charge in [-0.05, 0) is 18.6 Å². The van der Waals surface area contributed by atoms with Gasteiger partial charge < -0.3 is 20.3 Å². The van der Waals surface area contributed by atoms with E-state index in [-0.39, 0.29) is 17.9 Å². The van der Waals surface area contributed by atoms with Gasteiger partial charge in [0, 0.05) is 6.61 Å². The fraction of sp³-hybridized carbons (Fsp3) is 0.417. The van der Waals surface area contributed by atoms with Crippen molar-refractivity contribution >= 4 is 11.7 Å². The largest absolute Gasteiger partial charge is 0.488 e. The van der Waals surface area contributed by atoms with Gasteiger partial charge in [0.2, 0.25) is 0 Å². The second kappa shape index (κ2) is 6.75. The Morgan fingerprint density at radius 1 is 1.35 bits per heavy atom. The zero-order valence-corrected chi connectivity index (χ0v) is 9.81. The molecule has 0 fully saturated rings. The van der Waals surface area contributed by atoms with Gasteiger partial charge in [0.05, 0.1) is 12.3 Å². The van der Waals surface area contributed by atoms with E-state index in [1.807, 2.05) is 6.92 Å². The molecule has 0 spiro atoms. The molecular formula is C12H17NO4. The number of nitrogens with two attached hydrogens (primary N) is 1. The van der Waals surface area contributed by atoms with Gasteiger partial charge in [-0.25, -0.2) is 4.79 Å². The van der Waals surface area contributed by atoms with Gasteiger partial charge in [0.15, 0.2) is 5.75 Å². The summed E-state index contributed by atoms with van der Waals surface area (Å²) >= 11 is 0. The molecular weight excluding hydrogens is 222 g/mol. The first-order chi connectivity index (χ1) is 8.16. The summed E-state index contributed by atoms with van der Waals surface area (Å²) in [6.07, 6.45) is 0.938. The van der Waals surface area contributed by atoms with Crippen LogP contribution in [0.2, 0.25) is 0 Å². The molecule has 0 saturated heterocycles. The van der Waals surface area contributed by atoms with Crippen molar-refractivity contribution in [1.82, 2.24) is 0 Å². The van der Waals surface area contributed by atoms with E-state index >= 15 is 0 Å². The van der Waals surface area contributed by atoms with Gasteiger partial charge in [-0.15, -0.1) is 0 Å². The molecule has 94 valence electrons. The third-order valence-corrected chi connectivity index (χ3v) is 2.10. The van der Waals surface area contributed by atoms with E-state index in [9.17, 15) is 4.79 Å². The summed E-state index contributed by atoms with van der Waals surface area (Å²) in [6, 6.07) is 4.65. The van der Waals surface area contributed by atoms with Gasteiger partial charge in [0.1, 0.15) is 12.2 Å². The summed E-state index contributed by atoms with van der Waals surface area (Å²) in [5.74, 6) is -0.845. The Kier molecular flexibility index (Phi) is 5.29. The number of nitrogen functional groups attached to an aromatic ring is 1. The molecule has 3 N–H and O–H groups in total. The molecule has 0 saturated carbocycles. The predicted octanol–water partition coefficient (Wildman–Crippen LogP) is 1.77. The molecule has 1 aromatic carbocycles. The standard InChI is InChI=1S/C12H17NO4/c1-2-6-16-7-8-17-11-9(12(14)15)4-3-5-10(11)13/h3-5H,2,6-8,13H2,1H3,(H,14,15). The summed E-state index contributed by atoms with van der Waals surface area (Å²) in [7, 11) is 0. The Morgan fingerprint density at radius 2 is 2.12 bits per heavy atom. The summed E-state index contributed by atoms with van der Waals surface area (Å²) < 4.78 is 10.6. The van der Waals surface area contributed by atoms with Gasteiger partial charge in [-0.2, -0.15) is 0 Å². The molecule has 0 aromatic heterocycles. The SMILES string of the molecule is CCCOCCOc1c(N)cccc1C(=O)O. The van der Waals surface area contributed by atoms with Gasteiger partial charge in [-0.3, -0.25) is 0 Å². The van der Waals surface area contributed by atoms with Gasteiger partial charge in [0.25, 0.3) is 0 Å². The fourth-order valence-electron chi connectivity index (χ4n) is 1.33. The van der Waals surface area contributed by atoms with E-state index in [1.165, 1.54) is 6.07 Å². The molecule has 5 heteroatoms. The fourth-order valence-corrected chi connectivity index (χ4v) is 1.33. The molecule has 0 aliphatic heterocycles. The van der Waals surface area contributed by atoms with Gasteiger partial charge >= 0.3 is 5.97 Å². The summed E-state index contributed by atoms with van der Waals surface area (Å²) in [4.78, 5) is 10.9. The van der Waals surface area contributed by atoms with Crippen molar-refractivity contribution in [3.63, 3.8) is 0 Å². The smallest absolute Gasteiger partial charge is 0.339 e. The Labute approximate surface area is 100 Å². The molecule has 17 heavy (non-hydrogen) atoms. The van der Waals surface area contributed by atoms with E-state index in [0.717, 1.165) is 6.42 Å². The zero-order valence-electron chi connectivity index (χ0n) is 9.81. The summed E-state index contributed by atoms with van der Waals surface area (Å²) in [5.41, 5.74) is 6.06. The summed E-state index contributed by atoms with van der Waals surface area (Å²) in [5, 5.41) is 8.96. The van der Waals surface area contributed by atoms with Gasteiger partial charge in [-0.1, -0.05) is 13.0 Å². The number of hydrogen-bond acceptors (Lipinski definition) is 4. The molecule has 0 aliphatic rings. The second-order valence-corrected chi connectivity index (χ2v) is 3.49. The minimum absolute atomic E-state index is 0.0699. The first kappa shape index (κ1) is 13.3. The third-order valence-electron chi connectivity index (χ3n) is 2.10. The van der Waals surface area contributed by atoms with Crippen LogP contribution < -0.4 is 10.5 Å². The van der Waals surface area contributed by atoms with Crippen LogP contribution in [0.4, 0.5) is 5.69 Å². The molecule has 0 heterocycles. The average molecular weight is 239 g/mol. The van der Waals surface area contributed by atoms with Crippen molar-refractivity contribution < 1.29 is 19.4 Å². The van der Waals surface area contributed by atoms with E-state index in [2.05, 4.69) is 0 Å². The highest BCUT2D eigenvalue weighted by molar-refractivity contribution is 5.93. The molecule has 0 radical (unpaired) electrons. The first-order valence-electron chi connectivity index (χ1n) is 5.49. The maximum absolute atomic E-state index is 10.9. The molecule has 1 rings (SSSR count). The number of rotatable bonds is 7. The predicted molar refractivity (Wildman–Crippen MR) is 64.4 cm³/mol. The van der Waals surface area contributed by atoms with Crippen LogP contribution >= 0.6 is 0 Å². The van der Waals surface area contributed by atoms with E-state index in [4.69, 9.17) is 20.3 Å². The van der Waals surface area contributed by atoms with Crippen molar-refractivity contribution in [1.29, 1.82) is 0 Å². The van der Waals surface area contributed by atoms with Crippen molar-refractivity contribution in [3.8, 4) is 5.75 Å². The quantitative estimate of drug-likeness (QED) is 0.559. The lowest BCUT2D eigenvalue weighted by atomic mass is 10.2. The van der Waals surface area contributed by atoms with Crippen LogP contribution in [-0.2, 0) is 4.74 Å². The molecule has 0 atom stereocenters. The molecule has 5 nitrogen and oxygen atoms in total. The number of carboxylic acid groups (broad SMARTS) is 1. The number of carbonyl (C=O) groups is 1. The number of ether oxygens (including phenoxy) is 2. The highest BCUT2D eigenvalue weighted by Gasteiger charge is 2.13. The van der Waals surface area contributed by atoms with Crippen LogP contribution in [0.15, 0.2) is 18.2 Å². The Bertz CT molecular complexity index is 379. The van der Waals surface area contributed by atoms with Crippen molar-refractivity contribution in [2.45, 2.75) is 13.3 Å². The summed E-state index contributed by atoms with van der Waals surface area (Å²) in [6.45, 7) is 3.38. The van der Waals surface area contributed by atoms with Crippen molar-refractivity contribution in [2.24, 2.45) is 0 Å². The van der Waals surface area contributed by atoms with E-state index in [1.54, 1.807) is 12.1 Å². The first-order valence-corrected chi connectivity index (χ1v) is 5.49. The molecule has 0 aliphatic carbocycles. The molecule has 0 bridgehead atoms. The minimum atomic E-state index is -1.05. The van der Waals surface area contributed by atoms with Crippen molar-refractivity contribution in [3.05, 3.63) is 23.8 Å². The molecule has 1 aromatic rings. The van der Waals surface area contributed by atoms with E-state index in [0.29, 0.717) is 18.9 Å². The Morgan fingerprint density at radius 3 is 2.76 bits per heavy atom. The molecule has 0 unspecified atom stereocenters. The number of anilines is 1. The van der Waals surface area contributed by atoms with Crippen LogP contribution in [0.5, 0.6) is 5.75 Å². The Balaban J connectivity index is 2.60. The maximum atomic E-state index is 10.9. The number of benzene rings is 1. The topological polar surface area (TPSA) is 81.8 Å². The van der Waals surface area contributed by atoms with E-state index < -0.39 is 5.97 Å². The monoisotopic (exact) mass is 239 g/mol. The van der Waals surface area contributed by atoms with Crippen LogP contribution in [0, 0.1) is 0 Å². The second-order valence-electron chi connectivity index (χ2n) is 3.49. The number of para-hydroxylation sites is 1. The third kappa shape index (κ3) is 3.96. The van der Waals surface area contributed by atoms with Crippen molar-refractivity contribution in [2.75, 3.05) is 25.6 Å². The maximum Gasteiger partial charge on any atom is 0.339 e. The Hall–Kier alpha value is -1.75. The average Bonchev–Trinajstić information content (AvgIpc) is 2.30.